The highest BCUT2D eigenvalue weighted by molar-refractivity contribution is 7.90. The summed E-state index contributed by atoms with van der Waals surface area (Å²) >= 11 is 5.79. The fourth-order valence-corrected chi connectivity index (χ4v) is 2.71. The van der Waals surface area contributed by atoms with Crippen molar-refractivity contribution < 1.29 is 13.2 Å². The highest BCUT2D eigenvalue weighted by atomic mass is 35.5. The van der Waals surface area contributed by atoms with Crippen LogP contribution in [0.2, 0.25) is 0 Å². The van der Waals surface area contributed by atoms with E-state index >= 15 is 0 Å². The van der Waals surface area contributed by atoms with E-state index in [4.69, 9.17) is 16.3 Å². The Morgan fingerprint density at radius 1 is 1.50 bits per heavy atom. The minimum Gasteiger partial charge on any atom is -0.368 e. The van der Waals surface area contributed by atoms with Crippen LogP contribution in [0.15, 0.2) is 0 Å². The largest absolute Gasteiger partial charge is 0.368 e. The molecule has 0 spiro atoms. The van der Waals surface area contributed by atoms with E-state index in [9.17, 15) is 8.42 Å². The fraction of sp³-hybridized carbons (Fsp3) is 1.00. The molecule has 1 aliphatic heterocycles. The molecule has 0 N–H and O–H groups in total. The van der Waals surface area contributed by atoms with E-state index in [1.165, 1.54) is 6.26 Å². The normalized spacial score (nSPS) is 26.9. The van der Waals surface area contributed by atoms with Crippen LogP contribution in [0.1, 0.15) is 13.8 Å². The molecule has 0 bridgehead atoms. The molecule has 1 saturated heterocycles. The summed E-state index contributed by atoms with van der Waals surface area (Å²) in [5, 5.41) is 0. The SMILES string of the molecule is CC1(C)CN(CCS(C)(=O)=O)CC(CCl)O1. The first-order chi connectivity index (χ1) is 7.22. The van der Waals surface area contributed by atoms with Crippen LogP contribution in [0.25, 0.3) is 0 Å². The number of rotatable bonds is 4. The molecule has 0 radical (unpaired) electrons. The molecule has 0 saturated carbocycles. The number of hydrogen-bond acceptors (Lipinski definition) is 4. The van der Waals surface area contributed by atoms with Gasteiger partial charge in [0.2, 0.25) is 0 Å². The molecule has 1 atom stereocenters. The van der Waals surface area contributed by atoms with Crippen molar-refractivity contribution in [3.8, 4) is 0 Å². The predicted molar refractivity (Wildman–Crippen MR) is 65.8 cm³/mol. The first kappa shape index (κ1) is 14.2. The van der Waals surface area contributed by atoms with Gasteiger partial charge in [-0.2, -0.15) is 0 Å². The Kier molecular flexibility index (Phi) is 4.63. The zero-order valence-corrected chi connectivity index (χ0v) is 11.6. The van der Waals surface area contributed by atoms with E-state index in [1.54, 1.807) is 0 Å². The maximum Gasteiger partial charge on any atom is 0.148 e. The van der Waals surface area contributed by atoms with Gasteiger partial charge in [0.25, 0.3) is 0 Å². The number of morpholine rings is 1. The van der Waals surface area contributed by atoms with Crippen molar-refractivity contribution in [2.24, 2.45) is 0 Å². The van der Waals surface area contributed by atoms with E-state index in [2.05, 4.69) is 4.90 Å². The zero-order chi connectivity index (χ0) is 12.4. The molecule has 0 aromatic carbocycles. The number of sulfone groups is 1. The highest BCUT2D eigenvalue weighted by Crippen LogP contribution is 2.21. The smallest absolute Gasteiger partial charge is 0.148 e. The lowest BCUT2D eigenvalue weighted by Gasteiger charge is -2.42. The molecule has 1 unspecified atom stereocenters. The summed E-state index contributed by atoms with van der Waals surface area (Å²) in [6.45, 7) is 6.01. The van der Waals surface area contributed by atoms with Crippen molar-refractivity contribution in [3.63, 3.8) is 0 Å². The Balaban J connectivity index is 2.53. The van der Waals surface area contributed by atoms with Crippen molar-refractivity contribution in [2.75, 3.05) is 37.5 Å². The second kappa shape index (κ2) is 5.21. The minimum atomic E-state index is -2.90. The van der Waals surface area contributed by atoms with E-state index in [1.807, 2.05) is 13.8 Å². The molecule has 0 aromatic rings. The third-order valence-corrected chi connectivity index (χ3v) is 3.77. The molecule has 6 heteroatoms. The van der Waals surface area contributed by atoms with Crippen LogP contribution in [0.4, 0.5) is 0 Å². The molecule has 1 fully saturated rings. The number of alkyl halides is 1. The molecule has 0 amide bonds. The monoisotopic (exact) mass is 269 g/mol. The summed E-state index contributed by atoms with van der Waals surface area (Å²) in [6.07, 6.45) is 1.25. The number of nitrogens with zero attached hydrogens (tertiary/aromatic N) is 1. The Labute approximate surface area is 103 Å². The van der Waals surface area contributed by atoms with Crippen molar-refractivity contribution in [3.05, 3.63) is 0 Å². The standard InChI is InChI=1S/C10H20ClNO3S/c1-10(2)8-12(4-5-16(3,13)14)7-9(6-11)15-10/h9H,4-8H2,1-3H3. The maximum atomic E-state index is 11.1. The summed E-state index contributed by atoms with van der Waals surface area (Å²) in [5.74, 6) is 0.636. The Hall–Kier alpha value is 0.160. The topological polar surface area (TPSA) is 46.6 Å². The number of halogens is 1. The third-order valence-electron chi connectivity index (χ3n) is 2.50. The van der Waals surface area contributed by atoms with E-state index in [0.717, 1.165) is 6.54 Å². The van der Waals surface area contributed by atoms with Gasteiger partial charge in [0.05, 0.1) is 17.5 Å². The quantitative estimate of drug-likeness (QED) is 0.707. The van der Waals surface area contributed by atoms with Gasteiger partial charge in [-0.1, -0.05) is 0 Å². The Morgan fingerprint density at radius 3 is 2.62 bits per heavy atom. The van der Waals surface area contributed by atoms with Crippen LogP contribution >= 0.6 is 11.6 Å². The van der Waals surface area contributed by atoms with Gasteiger partial charge in [0, 0.05) is 31.8 Å². The molecule has 16 heavy (non-hydrogen) atoms. The van der Waals surface area contributed by atoms with Gasteiger partial charge in [-0.15, -0.1) is 11.6 Å². The Morgan fingerprint density at radius 2 is 2.12 bits per heavy atom. The van der Waals surface area contributed by atoms with Gasteiger partial charge in [0.15, 0.2) is 0 Å². The molecule has 0 aliphatic carbocycles. The van der Waals surface area contributed by atoms with Gasteiger partial charge in [-0.05, 0) is 13.8 Å². The second-order valence-corrected chi connectivity index (χ2v) is 7.59. The lowest BCUT2D eigenvalue weighted by atomic mass is 10.1. The average molecular weight is 270 g/mol. The summed E-state index contributed by atoms with van der Waals surface area (Å²) in [6, 6.07) is 0. The van der Waals surface area contributed by atoms with E-state index < -0.39 is 9.84 Å². The van der Waals surface area contributed by atoms with E-state index in [0.29, 0.717) is 19.0 Å². The molecule has 1 heterocycles. The molecule has 1 aliphatic rings. The van der Waals surface area contributed by atoms with Gasteiger partial charge < -0.3 is 4.74 Å². The first-order valence-electron chi connectivity index (χ1n) is 5.36. The summed E-state index contributed by atoms with van der Waals surface area (Å²) in [7, 11) is -2.90. The predicted octanol–water partition coefficient (Wildman–Crippen LogP) is 0.749. The van der Waals surface area contributed by atoms with Gasteiger partial charge in [0.1, 0.15) is 9.84 Å². The lowest BCUT2D eigenvalue weighted by molar-refractivity contribution is -0.126. The summed E-state index contributed by atoms with van der Waals surface area (Å²) < 4.78 is 28.0. The van der Waals surface area contributed by atoms with Crippen LogP contribution in [0.5, 0.6) is 0 Å². The van der Waals surface area contributed by atoms with Gasteiger partial charge in [-0.3, -0.25) is 4.90 Å². The van der Waals surface area contributed by atoms with Crippen molar-refractivity contribution in [1.82, 2.24) is 4.90 Å². The molecule has 96 valence electrons. The van der Waals surface area contributed by atoms with Crippen molar-refractivity contribution in [2.45, 2.75) is 25.6 Å². The van der Waals surface area contributed by atoms with Crippen LogP contribution in [0, 0.1) is 0 Å². The average Bonchev–Trinajstić information content (AvgIpc) is 2.11. The van der Waals surface area contributed by atoms with Gasteiger partial charge >= 0.3 is 0 Å². The number of hydrogen-bond donors (Lipinski definition) is 0. The minimum absolute atomic E-state index is 0.00928. The zero-order valence-electron chi connectivity index (χ0n) is 10.1. The van der Waals surface area contributed by atoms with Crippen LogP contribution in [-0.4, -0.2) is 62.5 Å². The van der Waals surface area contributed by atoms with Crippen LogP contribution in [0.3, 0.4) is 0 Å². The number of ether oxygens (including phenoxy) is 1. The maximum absolute atomic E-state index is 11.1. The van der Waals surface area contributed by atoms with E-state index in [-0.39, 0.29) is 17.5 Å². The van der Waals surface area contributed by atoms with Crippen LogP contribution in [-0.2, 0) is 14.6 Å². The van der Waals surface area contributed by atoms with Crippen molar-refractivity contribution in [1.29, 1.82) is 0 Å². The second-order valence-electron chi connectivity index (χ2n) is 5.02. The third kappa shape index (κ3) is 4.99. The fourth-order valence-electron chi connectivity index (χ4n) is 1.96. The van der Waals surface area contributed by atoms with Crippen molar-refractivity contribution >= 4 is 21.4 Å². The molecular formula is C10H20ClNO3S. The Bertz CT molecular complexity index is 329. The molecular weight excluding hydrogens is 250 g/mol. The first-order valence-corrected chi connectivity index (χ1v) is 7.95. The summed E-state index contributed by atoms with van der Waals surface area (Å²) in [4.78, 5) is 2.11. The molecule has 0 aromatic heterocycles. The lowest BCUT2D eigenvalue weighted by Crippen LogP contribution is -2.54. The molecule has 4 nitrogen and oxygen atoms in total. The highest BCUT2D eigenvalue weighted by Gasteiger charge is 2.32. The molecule has 1 rings (SSSR count). The van der Waals surface area contributed by atoms with Crippen LogP contribution < -0.4 is 0 Å². The summed E-state index contributed by atoms with van der Waals surface area (Å²) in [5.41, 5.74) is -0.255. The van der Waals surface area contributed by atoms with Gasteiger partial charge in [-0.25, -0.2) is 8.42 Å².